The summed E-state index contributed by atoms with van der Waals surface area (Å²) in [6.45, 7) is 57.0. The van der Waals surface area contributed by atoms with Crippen molar-refractivity contribution in [1.82, 2.24) is 22.8 Å². The van der Waals surface area contributed by atoms with Gasteiger partial charge in [-0.1, -0.05) is 207 Å². The first-order chi connectivity index (χ1) is 55.3. The van der Waals surface area contributed by atoms with Gasteiger partial charge in [-0.15, -0.1) is 0 Å². The molecule has 0 unspecified atom stereocenters. The van der Waals surface area contributed by atoms with Crippen LogP contribution < -0.4 is 22.8 Å². The summed E-state index contributed by atoms with van der Waals surface area (Å²) in [4.78, 5) is 0. The maximum absolute atomic E-state index is 2.73. The fraction of sp³-hybridized carbons (Fsp3) is 0.636. The highest BCUT2D eigenvalue weighted by Gasteiger charge is 2.58. The van der Waals surface area contributed by atoms with E-state index in [0.29, 0.717) is 45.6 Å². The smallest absolute Gasteiger partial charge is 0.237 e. The molecule has 8 bridgehead atoms. The maximum Gasteiger partial charge on any atom is 0.254 e. The summed E-state index contributed by atoms with van der Waals surface area (Å²) in [5.41, 5.74) is 20.6. The second-order valence-electron chi connectivity index (χ2n) is 44.8. The molecule has 5 heterocycles. The van der Waals surface area contributed by atoms with Gasteiger partial charge in [0.05, 0.1) is 13.1 Å². The fourth-order valence-electron chi connectivity index (χ4n) is 25.5. The number of imidazole rings is 5. The highest BCUT2D eigenvalue weighted by Crippen LogP contribution is 2.60. The van der Waals surface area contributed by atoms with Gasteiger partial charge in [0, 0.05) is 22.3 Å². The molecule has 10 aliphatic rings. The van der Waals surface area contributed by atoms with Crippen molar-refractivity contribution in [3.05, 3.63) is 210 Å². The third-order valence-corrected chi connectivity index (χ3v) is 29.1. The minimum atomic E-state index is 0.140. The van der Waals surface area contributed by atoms with E-state index in [1.165, 1.54) is 194 Å². The average molecular weight is 1590 g/mol. The van der Waals surface area contributed by atoms with E-state index in [-0.39, 0.29) is 11.1 Å². The molecule has 0 saturated heterocycles. The Hall–Kier alpha value is -7.07. The number of para-hydroxylation sites is 2. The van der Waals surface area contributed by atoms with Crippen molar-refractivity contribution in [3.63, 3.8) is 0 Å². The number of nitrogens with zero attached hydrogens (tertiary/aromatic N) is 10. The Labute approximate surface area is 711 Å². The van der Waals surface area contributed by atoms with Crippen molar-refractivity contribution in [2.24, 2.45) is 58.2 Å². The van der Waals surface area contributed by atoms with E-state index in [2.05, 4.69) is 366 Å². The van der Waals surface area contributed by atoms with Crippen LogP contribution in [-0.4, -0.2) is 22.8 Å². The number of hydrogen-bond acceptors (Lipinski definition) is 0. The van der Waals surface area contributed by atoms with Gasteiger partial charge in [0.15, 0.2) is 0 Å². The molecule has 19 rings (SSSR count). The molecular weight excluding hydrogens is 1430 g/mol. The second kappa shape index (κ2) is 35.9. The first-order valence-corrected chi connectivity index (χ1v) is 47.2. The van der Waals surface area contributed by atoms with Gasteiger partial charge < -0.3 is 0 Å². The Kier molecular flexibility index (Phi) is 26.9. The van der Waals surface area contributed by atoms with Crippen LogP contribution in [0.25, 0.3) is 22.7 Å². The van der Waals surface area contributed by atoms with Gasteiger partial charge in [0.2, 0.25) is 19.0 Å². The molecule has 4 aromatic carbocycles. The zero-order chi connectivity index (χ0) is 83.8. The van der Waals surface area contributed by atoms with Gasteiger partial charge in [-0.3, -0.25) is 0 Å². The summed E-state index contributed by atoms with van der Waals surface area (Å²) in [6, 6.07) is 22.5. The molecule has 10 saturated carbocycles. The quantitative estimate of drug-likeness (QED) is 0.0769. The van der Waals surface area contributed by atoms with Crippen LogP contribution >= 0.6 is 0 Å². The highest BCUT2D eigenvalue weighted by molar-refractivity contribution is 5.52. The Morgan fingerprint density at radius 3 is 1.32 bits per heavy atom. The van der Waals surface area contributed by atoms with Gasteiger partial charge in [-0.2, -0.15) is 0 Å². The molecule has 10 aliphatic carbocycles. The van der Waals surface area contributed by atoms with E-state index in [9.17, 15) is 0 Å². The van der Waals surface area contributed by atoms with E-state index < -0.39 is 0 Å². The van der Waals surface area contributed by atoms with E-state index in [1.54, 1.807) is 38.5 Å². The largest absolute Gasteiger partial charge is 0.254 e. The minimum absolute atomic E-state index is 0.140. The molecule has 0 radical (unpaired) electrons. The molecule has 10 heteroatoms. The number of aryl methyl sites for hydroxylation is 6. The predicted molar refractivity (Wildman–Crippen MR) is 485 cm³/mol. The normalized spacial score (nSPS) is 23.2. The minimum Gasteiger partial charge on any atom is -0.237 e. The van der Waals surface area contributed by atoms with Gasteiger partial charge in [0.1, 0.15) is 107 Å². The summed E-state index contributed by atoms with van der Waals surface area (Å²) < 4.78 is 24.2. The van der Waals surface area contributed by atoms with Crippen LogP contribution in [0.1, 0.15) is 358 Å². The molecule has 10 nitrogen and oxygen atoms in total. The molecule has 117 heavy (non-hydrogen) atoms. The second-order valence-corrected chi connectivity index (χ2v) is 44.8. The summed E-state index contributed by atoms with van der Waals surface area (Å²) in [5.74, 6) is 10.0. The van der Waals surface area contributed by atoms with Crippen molar-refractivity contribution in [1.29, 1.82) is 0 Å². The van der Waals surface area contributed by atoms with Crippen molar-refractivity contribution < 1.29 is 22.8 Å². The van der Waals surface area contributed by atoms with Crippen LogP contribution in [0.15, 0.2) is 154 Å². The van der Waals surface area contributed by atoms with Crippen LogP contribution in [0, 0.1) is 99.7 Å². The Morgan fingerprint density at radius 2 is 0.846 bits per heavy atom. The van der Waals surface area contributed by atoms with Crippen molar-refractivity contribution in [3.8, 4) is 22.7 Å². The van der Waals surface area contributed by atoms with Crippen LogP contribution in [0.2, 0.25) is 0 Å². The van der Waals surface area contributed by atoms with Crippen LogP contribution in [0.4, 0.5) is 0 Å². The lowest BCUT2D eigenvalue weighted by Crippen LogP contribution is -2.64. The van der Waals surface area contributed by atoms with Crippen molar-refractivity contribution in [2.75, 3.05) is 0 Å². The zero-order valence-electron chi connectivity index (χ0n) is 78.2. The number of rotatable bonds is 18. The van der Waals surface area contributed by atoms with E-state index >= 15 is 0 Å². The standard InChI is InChI=1S/C27H37N2.C23H33N2.C21H25N2.C19H37N2.C17H29N2/c1-18(2)22-11-9-12-23(19(3)4)26(22)28-15-16-29(17-28)27-24(20(5)6)13-10-14-25(27)21(7)8;1-2-25(23-12-19-6-20(13-23)8-21(7-19)14-23)15-24(1)22-9-16-3-17(10-22)5-18(4-16)11-22;1-14-9-16(3)20(17(4)10-14)22-7-8-23(13-22)21-18(5)11-15(2)12-19(21)6;1-16(2,3)13-18(7,8)20-11-12-21(15-20)19(9,10)14-17(4,5)6;1-3-7-16(8-4-1)13-18-11-12-19(15-18)14-17-9-5-2-6-10-17/h9-21H,1-8H3;1-2,15-21H,3-14H2;7-13H,1-6H3;11-12,15H,13-14H2,1-10H3;11-12,15-17H,1-10,13-14H2/q5*+1. The SMILES string of the molecule is CC(C)(C)CC(C)(C)n1cc[n+](C(C)(C)CC(C)(C)C)c1.CC(C)c1cccc(C(C)C)c1-n1cc[n+](-c2c(C(C)C)cccc2C(C)C)c1.Cc1cc(C)c(-n2cc[n+](-c3c(C)cc(C)cc3C)c2)c(C)c1.c1c[n+](C23CC4CC(CC(C4)C2)C3)cn1C12CC3CC(CC(C3)C1)C2.c1c[n+](CC2CCCCC2)cn1CC1CCCCC1. The first kappa shape index (κ1) is 87.7. The summed E-state index contributed by atoms with van der Waals surface area (Å²) >= 11 is 0. The maximum atomic E-state index is 2.73. The molecule has 9 aromatic rings. The van der Waals surface area contributed by atoms with Gasteiger partial charge in [0.25, 0.3) is 12.7 Å². The predicted octanol–water partition coefficient (Wildman–Crippen LogP) is 25.5. The lowest BCUT2D eigenvalue weighted by molar-refractivity contribution is -0.776. The summed E-state index contributed by atoms with van der Waals surface area (Å²) in [6.07, 6.45) is 69.4. The summed E-state index contributed by atoms with van der Waals surface area (Å²) in [5, 5.41) is 0. The molecule has 0 atom stereocenters. The van der Waals surface area contributed by atoms with Gasteiger partial charge in [-0.25, -0.2) is 45.7 Å². The van der Waals surface area contributed by atoms with Crippen LogP contribution in [0.3, 0.4) is 0 Å². The molecule has 0 spiro atoms. The molecule has 0 amide bonds. The van der Waals surface area contributed by atoms with E-state index in [0.717, 1.165) is 60.2 Å². The Bertz CT molecular complexity index is 4300. The van der Waals surface area contributed by atoms with E-state index in [4.69, 9.17) is 0 Å². The molecule has 10 fully saturated rings. The molecular formula is C107H161N10+5. The Morgan fingerprint density at radius 1 is 0.410 bits per heavy atom. The average Bonchev–Trinajstić information content (AvgIpc) is 1.70. The highest BCUT2D eigenvalue weighted by atomic mass is 15.2. The third kappa shape index (κ3) is 20.9. The van der Waals surface area contributed by atoms with Crippen LogP contribution in [-0.2, 0) is 35.2 Å². The molecule has 5 aromatic heterocycles. The van der Waals surface area contributed by atoms with Crippen LogP contribution in [0.5, 0.6) is 0 Å². The van der Waals surface area contributed by atoms with Crippen molar-refractivity contribution >= 4 is 0 Å². The lowest BCUT2D eigenvalue weighted by atomic mass is 9.53. The molecule has 0 N–H and O–H groups in total. The van der Waals surface area contributed by atoms with E-state index in [1.807, 2.05) is 0 Å². The lowest BCUT2D eigenvalue weighted by Gasteiger charge is -2.55. The number of aromatic nitrogens is 10. The summed E-state index contributed by atoms with van der Waals surface area (Å²) in [7, 11) is 0. The van der Waals surface area contributed by atoms with Crippen molar-refractivity contribution in [2.45, 2.75) is 379 Å². The number of benzene rings is 4. The fourth-order valence-corrected chi connectivity index (χ4v) is 25.5. The van der Waals surface area contributed by atoms with Gasteiger partial charge >= 0.3 is 0 Å². The Balaban J connectivity index is 0.000000128. The first-order valence-electron chi connectivity index (χ1n) is 47.2. The van der Waals surface area contributed by atoms with Gasteiger partial charge in [-0.05, 0) is 289 Å². The topological polar surface area (TPSA) is 44.0 Å². The number of hydrogen-bond donors (Lipinski definition) is 0. The molecule has 634 valence electrons. The molecule has 0 aliphatic heterocycles. The third-order valence-electron chi connectivity index (χ3n) is 29.1. The zero-order valence-corrected chi connectivity index (χ0v) is 78.2. The monoisotopic (exact) mass is 1590 g/mol.